The maximum atomic E-state index is 10.6. The molecule has 0 atom stereocenters. The zero-order valence-electron chi connectivity index (χ0n) is 7.75. The summed E-state index contributed by atoms with van der Waals surface area (Å²) < 4.78 is 19.2. The summed E-state index contributed by atoms with van der Waals surface area (Å²) >= 11 is 0. The molecule has 0 aliphatic rings. The Morgan fingerprint density at radius 1 is 1.25 bits per heavy atom. The van der Waals surface area contributed by atoms with E-state index in [2.05, 4.69) is 0 Å². The van der Waals surface area contributed by atoms with Crippen molar-refractivity contribution in [1.82, 2.24) is 0 Å². The zero-order chi connectivity index (χ0) is 9.61. The van der Waals surface area contributed by atoms with Gasteiger partial charge in [-0.2, -0.15) is 0 Å². The maximum Gasteiger partial charge on any atom is 0.353 e. The molecule has 0 aromatic rings. The molecule has 0 saturated carbocycles. The Bertz CT molecular complexity index is 141. The number of esters is 1. The van der Waals surface area contributed by atoms with Gasteiger partial charge in [-0.25, -0.2) is 0 Å². The van der Waals surface area contributed by atoms with Gasteiger partial charge in [0.05, 0.1) is 0 Å². The van der Waals surface area contributed by atoms with Crippen molar-refractivity contribution in [2.45, 2.75) is 12.9 Å². The number of hydrogen-bond acceptors (Lipinski definition) is 5. The van der Waals surface area contributed by atoms with Crippen LogP contribution >= 0.6 is 0 Å². The van der Waals surface area contributed by atoms with Crippen LogP contribution in [-0.4, -0.2) is 39.9 Å². The van der Waals surface area contributed by atoms with E-state index in [-0.39, 0.29) is 6.61 Å². The SMILES string of the molecule is COCC(OC)(OC)OC(C)=O. The average molecular weight is 178 g/mol. The first-order valence-corrected chi connectivity index (χ1v) is 3.39. The minimum atomic E-state index is -1.42. The quantitative estimate of drug-likeness (QED) is 0.443. The van der Waals surface area contributed by atoms with Crippen molar-refractivity contribution in [3.8, 4) is 0 Å². The number of carbonyl (C=O) groups excluding carboxylic acids is 1. The van der Waals surface area contributed by atoms with E-state index in [9.17, 15) is 4.79 Å². The Morgan fingerprint density at radius 2 is 1.75 bits per heavy atom. The number of ether oxygens (including phenoxy) is 4. The molecule has 0 rings (SSSR count). The molecule has 5 nitrogen and oxygen atoms in total. The van der Waals surface area contributed by atoms with Crippen LogP contribution in [0, 0.1) is 0 Å². The summed E-state index contributed by atoms with van der Waals surface area (Å²) in [5, 5.41) is 0. The molecule has 0 fully saturated rings. The fraction of sp³-hybridized carbons (Fsp3) is 0.857. The smallest absolute Gasteiger partial charge is 0.353 e. The number of rotatable bonds is 5. The van der Waals surface area contributed by atoms with E-state index in [1.807, 2.05) is 0 Å². The van der Waals surface area contributed by atoms with Crippen LogP contribution in [0.1, 0.15) is 6.92 Å². The first kappa shape index (κ1) is 11.4. The van der Waals surface area contributed by atoms with E-state index in [4.69, 9.17) is 18.9 Å². The molecular weight excluding hydrogens is 164 g/mol. The van der Waals surface area contributed by atoms with Gasteiger partial charge < -0.3 is 18.9 Å². The van der Waals surface area contributed by atoms with Crippen LogP contribution in [0.3, 0.4) is 0 Å². The first-order chi connectivity index (χ1) is 5.60. The molecule has 0 aliphatic heterocycles. The van der Waals surface area contributed by atoms with Crippen molar-refractivity contribution in [3.05, 3.63) is 0 Å². The molecular formula is C7H14O5. The largest absolute Gasteiger partial charge is 0.406 e. The van der Waals surface area contributed by atoms with Crippen molar-refractivity contribution >= 4 is 5.97 Å². The lowest BCUT2D eigenvalue weighted by Gasteiger charge is -2.28. The molecule has 0 N–H and O–H groups in total. The van der Waals surface area contributed by atoms with Gasteiger partial charge in [-0.15, -0.1) is 0 Å². The third-order valence-corrected chi connectivity index (χ3v) is 1.24. The molecule has 0 bridgehead atoms. The molecule has 0 amide bonds. The molecule has 0 saturated heterocycles. The van der Waals surface area contributed by atoms with Gasteiger partial charge in [-0.1, -0.05) is 0 Å². The van der Waals surface area contributed by atoms with Crippen molar-refractivity contribution < 1.29 is 23.7 Å². The second-order valence-electron chi connectivity index (χ2n) is 2.12. The van der Waals surface area contributed by atoms with E-state index in [1.165, 1.54) is 28.3 Å². The Kier molecular flexibility index (Phi) is 4.80. The monoisotopic (exact) mass is 178 g/mol. The summed E-state index contributed by atoms with van der Waals surface area (Å²) in [5.41, 5.74) is 0. The molecule has 0 radical (unpaired) electrons. The Labute approximate surface area is 71.5 Å². The Hall–Kier alpha value is -0.650. The van der Waals surface area contributed by atoms with Crippen LogP contribution < -0.4 is 0 Å². The fourth-order valence-corrected chi connectivity index (χ4v) is 0.710. The van der Waals surface area contributed by atoms with Gasteiger partial charge in [0.25, 0.3) is 0 Å². The van der Waals surface area contributed by atoms with Crippen molar-refractivity contribution in [2.24, 2.45) is 0 Å². The lowest BCUT2D eigenvalue weighted by Crippen LogP contribution is -2.43. The summed E-state index contributed by atoms with van der Waals surface area (Å²) in [6.45, 7) is 1.29. The van der Waals surface area contributed by atoms with Crippen molar-refractivity contribution in [3.63, 3.8) is 0 Å². The van der Waals surface area contributed by atoms with Crippen LogP contribution in [-0.2, 0) is 23.7 Å². The van der Waals surface area contributed by atoms with Crippen LogP contribution in [0.5, 0.6) is 0 Å². The Balaban J connectivity index is 4.23. The van der Waals surface area contributed by atoms with Crippen LogP contribution in [0.4, 0.5) is 0 Å². The third-order valence-electron chi connectivity index (χ3n) is 1.24. The van der Waals surface area contributed by atoms with Gasteiger partial charge in [0.15, 0.2) is 0 Å². The lowest BCUT2D eigenvalue weighted by molar-refractivity contribution is -0.357. The molecule has 0 aromatic heterocycles. The number of carbonyl (C=O) groups is 1. The molecule has 0 aliphatic carbocycles. The van der Waals surface area contributed by atoms with Crippen LogP contribution in [0.15, 0.2) is 0 Å². The molecule has 0 spiro atoms. The van der Waals surface area contributed by atoms with Crippen LogP contribution in [0.2, 0.25) is 0 Å². The van der Waals surface area contributed by atoms with E-state index in [1.54, 1.807) is 0 Å². The van der Waals surface area contributed by atoms with E-state index in [0.29, 0.717) is 0 Å². The standard InChI is InChI=1S/C7H14O5/c1-6(8)12-7(10-3,11-4)5-9-2/h5H2,1-4H3. The normalized spacial score (nSPS) is 11.3. The molecule has 0 unspecified atom stereocenters. The number of methoxy groups -OCH3 is 3. The highest BCUT2D eigenvalue weighted by Crippen LogP contribution is 2.13. The summed E-state index contributed by atoms with van der Waals surface area (Å²) in [5.74, 6) is -1.91. The lowest BCUT2D eigenvalue weighted by atomic mass is 10.5. The van der Waals surface area contributed by atoms with E-state index >= 15 is 0 Å². The van der Waals surface area contributed by atoms with E-state index in [0.717, 1.165) is 0 Å². The van der Waals surface area contributed by atoms with E-state index < -0.39 is 11.9 Å². The third kappa shape index (κ3) is 3.17. The van der Waals surface area contributed by atoms with Gasteiger partial charge in [0.1, 0.15) is 6.61 Å². The van der Waals surface area contributed by atoms with Gasteiger partial charge in [0.2, 0.25) is 0 Å². The van der Waals surface area contributed by atoms with Gasteiger partial charge in [0, 0.05) is 28.3 Å². The first-order valence-electron chi connectivity index (χ1n) is 3.39. The highest BCUT2D eigenvalue weighted by atomic mass is 16.9. The topological polar surface area (TPSA) is 54.0 Å². The highest BCUT2D eigenvalue weighted by Gasteiger charge is 2.33. The van der Waals surface area contributed by atoms with Crippen LogP contribution in [0.25, 0.3) is 0 Å². The minimum absolute atomic E-state index is 0.0274. The molecule has 5 heteroatoms. The second kappa shape index (κ2) is 5.08. The summed E-state index contributed by atoms with van der Waals surface area (Å²) in [7, 11) is 4.19. The van der Waals surface area contributed by atoms with Gasteiger partial charge in [-0.05, 0) is 0 Å². The molecule has 72 valence electrons. The summed E-state index contributed by atoms with van der Waals surface area (Å²) in [6.07, 6.45) is 0. The van der Waals surface area contributed by atoms with Gasteiger partial charge in [-0.3, -0.25) is 4.79 Å². The van der Waals surface area contributed by atoms with Gasteiger partial charge >= 0.3 is 11.9 Å². The molecule has 0 heterocycles. The minimum Gasteiger partial charge on any atom is -0.406 e. The highest BCUT2D eigenvalue weighted by molar-refractivity contribution is 5.66. The summed E-state index contributed by atoms with van der Waals surface area (Å²) in [6, 6.07) is 0. The summed E-state index contributed by atoms with van der Waals surface area (Å²) in [4.78, 5) is 10.6. The predicted molar refractivity (Wildman–Crippen MR) is 40.4 cm³/mol. The van der Waals surface area contributed by atoms with Crippen molar-refractivity contribution in [2.75, 3.05) is 27.9 Å². The fourth-order valence-electron chi connectivity index (χ4n) is 0.710. The maximum absolute atomic E-state index is 10.6. The second-order valence-corrected chi connectivity index (χ2v) is 2.12. The molecule has 0 aromatic carbocycles. The average Bonchev–Trinajstić information content (AvgIpc) is 2.03. The predicted octanol–water partition coefficient (Wildman–Crippen LogP) is 0.143. The molecule has 12 heavy (non-hydrogen) atoms. The Morgan fingerprint density at radius 3 is 2.00 bits per heavy atom. The number of hydrogen-bond donors (Lipinski definition) is 0. The zero-order valence-corrected chi connectivity index (χ0v) is 7.75. The van der Waals surface area contributed by atoms with Crippen molar-refractivity contribution in [1.29, 1.82) is 0 Å².